The molecular weight excluding hydrogens is 102 g/mol. The van der Waals surface area contributed by atoms with Gasteiger partial charge in [0.05, 0.1) is 0 Å². The summed E-state index contributed by atoms with van der Waals surface area (Å²) in [5.41, 5.74) is 0.0417. The van der Waals surface area contributed by atoms with Crippen LogP contribution in [-0.2, 0) is 4.79 Å². The summed E-state index contributed by atoms with van der Waals surface area (Å²) in [6, 6.07) is 0. The van der Waals surface area contributed by atoms with Gasteiger partial charge in [0.1, 0.15) is 5.78 Å². The molecule has 0 spiro atoms. The van der Waals surface area contributed by atoms with Gasteiger partial charge < -0.3 is 6.15 Å². The topological polar surface area (TPSA) is 52.1 Å². The second-order valence-electron chi connectivity index (χ2n) is 2.81. The van der Waals surface area contributed by atoms with E-state index in [1.54, 1.807) is 0 Å². The molecule has 3 N–H and O–H groups in total. The molecule has 0 saturated heterocycles. The first-order valence-corrected chi connectivity index (χ1v) is 2.66. The lowest BCUT2D eigenvalue weighted by atomic mass is 9.71. The van der Waals surface area contributed by atoms with Crippen LogP contribution in [0.2, 0.25) is 0 Å². The highest BCUT2D eigenvalue weighted by molar-refractivity contribution is 5.89. The summed E-state index contributed by atoms with van der Waals surface area (Å²) in [7, 11) is 0. The molecule has 2 heteroatoms. The van der Waals surface area contributed by atoms with Crippen molar-refractivity contribution in [1.82, 2.24) is 6.15 Å². The predicted molar refractivity (Wildman–Crippen MR) is 33.0 cm³/mol. The quantitative estimate of drug-likeness (QED) is 0.520. The van der Waals surface area contributed by atoms with Gasteiger partial charge in [-0.1, -0.05) is 13.8 Å². The molecule has 0 radical (unpaired) electrons. The number of carbonyl (C=O) groups is 1. The Kier molecular flexibility index (Phi) is 1.77. The van der Waals surface area contributed by atoms with Gasteiger partial charge in [0, 0.05) is 11.8 Å². The maximum absolute atomic E-state index is 10.6. The van der Waals surface area contributed by atoms with Gasteiger partial charge in [0.15, 0.2) is 0 Å². The largest absolute Gasteiger partial charge is 0.344 e. The van der Waals surface area contributed by atoms with Crippen molar-refractivity contribution in [2.75, 3.05) is 0 Å². The van der Waals surface area contributed by atoms with Crippen molar-refractivity contribution in [3.05, 3.63) is 0 Å². The zero-order valence-electron chi connectivity index (χ0n) is 5.53. The third-order valence-corrected chi connectivity index (χ3v) is 1.73. The van der Waals surface area contributed by atoms with Crippen LogP contribution in [0.25, 0.3) is 0 Å². The lowest BCUT2D eigenvalue weighted by Crippen LogP contribution is -2.34. The van der Waals surface area contributed by atoms with Gasteiger partial charge in [0.25, 0.3) is 0 Å². The van der Waals surface area contributed by atoms with Gasteiger partial charge in [-0.3, -0.25) is 4.79 Å². The Morgan fingerprint density at radius 2 is 1.88 bits per heavy atom. The minimum atomic E-state index is 0. The van der Waals surface area contributed by atoms with Gasteiger partial charge >= 0.3 is 0 Å². The minimum absolute atomic E-state index is 0. The summed E-state index contributed by atoms with van der Waals surface area (Å²) in [6.45, 7) is 4.00. The number of Topliss-reactive ketones (excluding diaryl/α,β-unsaturated/α-hetero) is 1. The van der Waals surface area contributed by atoms with Crippen LogP contribution in [0.15, 0.2) is 0 Å². The minimum Gasteiger partial charge on any atom is -0.344 e. The molecule has 0 aromatic heterocycles. The maximum Gasteiger partial charge on any atom is 0.138 e. The van der Waals surface area contributed by atoms with Crippen molar-refractivity contribution in [1.29, 1.82) is 0 Å². The second-order valence-corrected chi connectivity index (χ2v) is 2.81. The lowest BCUT2D eigenvalue weighted by Gasteiger charge is -2.31. The number of ketones is 1. The van der Waals surface area contributed by atoms with Crippen LogP contribution in [0.5, 0.6) is 0 Å². The van der Waals surface area contributed by atoms with Crippen LogP contribution in [0, 0.1) is 5.41 Å². The Hall–Kier alpha value is -0.370. The van der Waals surface area contributed by atoms with Crippen molar-refractivity contribution in [2.45, 2.75) is 26.7 Å². The van der Waals surface area contributed by atoms with E-state index in [1.807, 2.05) is 13.8 Å². The molecule has 2 nitrogen and oxygen atoms in total. The number of carbonyl (C=O) groups excluding carboxylic acids is 1. The highest BCUT2D eigenvalue weighted by Crippen LogP contribution is 2.35. The molecule has 0 heterocycles. The normalized spacial score (nSPS) is 23.5. The summed E-state index contributed by atoms with van der Waals surface area (Å²) < 4.78 is 0. The van der Waals surface area contributed by atoms with E-state index < -0.39 is 0 Å². The molecule has 1 fully saturated rings. The molecule has 0 aromatic carbocycles. The van der Waals surface area contributed by atoms with Gasteiger partial charge in [0.2, 0.25) is 0 Å². The molecule has 1 aliphatic carbocycles. The smallest absolute Gasteiger partial charge is 0.138 e. The van der Waals surface area contributed by atoms with Gasteiger partial charge in [-0.15, -0.1) is 0 Å². The van der Waals surface area contributed by atoms with Crippen molar-refractivity contribution < 1.29 is 4.79 Å². The fourth-order valence-corrected chi connectivity index (χ4v) is 0.727. The van der Waals surface area contributed by atoms with E-state index in [0.29, 0.717) is 5.78 Å². The Balaban J connectivity index is 0.000000490. The summed E-state index contributed by atoms with van der Waals surface area (Å²) in [4.78, 5) is 10.6. The van der Waals surface area contributed by atoms with E-state index in [1.165, 1.54) is 0 Å². The summed E-state index contributed by atoms with van der Waals surface area (Å²) in [6.07, 6.45) is 1.90. The molecular formula is C6H13NO. The summed E-state index contributed by atoms with van der Waals surface area (Å²) >= 11 is 0. The third kappa shape index (κ3) is 0.892. The van der Waals surface area contributed by atoms with Crippen LogP contribution in [0.1, 0.15) is 26.7 Å². The first-order chi connectivity index (χ1) is 3.13. The monoisotopic (exact) mass is 115 g/mol. The summed E-state index contributed by atoms with van der Waals surface area (Å²) in [5, 5.41) is 0. The Labute approximate surface area is 49.9 Å². The molecule has 48 valence electrons. The molecule has 0 unspecified atom stereocenters. The molecule has 0 amide bonds. The summed E-state index contributed by atoms with van der Waals surface area (Å²) in [5.74, 6) is 0.424. The van der Waals surface area contributed by atoms with Gasteiger partial charge in [-0.05, 0) is 6.42 Å². The van der Waals surface area contributed by atoms with Gasteiger partial charge in [-0.2, -0.15) is 0 Å². The van der Waals surface area contributed by atoms with E-state index in [-0.39, 0.29) is 11.6 Å². The Morgan fingerprint density at radius 1 is 1.50 bits per heavy atom. The fourth-order valence-electron chi connectivity index (χ4n) is 0.727. The zero-order valence-corrected chi connectivity index (χ0v) is 5.53. The fraction of sp³-hybridized carbons (Fsp3) is 0.833. The average molecular weight is 115 g/mol. The highest BCUT2D eigenvalue weighted by atomic mass is 16.1. The number of hydrogen-bond acceptors (Lipinski definition) is 2. The van der Waals surface area contributed by atoms with Crippen LogP contribution >= 0.6 is 0 Å². The molecule has 0 aliphatic heterocycles. The van der Waals surface area contributed by atoms with Crippen LogP contribution in [0.3, 0.4) is 0 Å². The Morgan fingerprint density at radius 3 is 1.88 bits per heavy atom. The van der Waals surface area contributed by atoms with Crippen molar-refractivity contribution in [2.24, 2.45) is 5.41 Å². The standard InChI is InChI=1S/C6H10O.H3N/c1-6(2)4-3-5(6)7;/h3-4H2,1-2H3;1H3. The molecule has 1 aliphatic rings. The maximum atomic E-state index is 10.6. The van der Waals surface area contributed by atoms with E-state index in [0.717, 1.165) is 12.8 Å². The SMILES string of the molecule is CC1(C)CCC1=O.N. The average Bonchev–Trinajstić information content (AvgIpc) is 1.63. The van der Waals surface area contributed by atoms with Crippen molar-refractivity contribution in [3.8, 4) is 0 Å². The molecule has 0 bridgehead atoms. The van der Waals surface area contributed by atoms with Crippen LogP contribution in [0.4, 0.5) is 0 Å². The second kappa shape index (κ2) is 1.86. The van der Waals surface area contributed by atoms with Gasteiger partial charge in [-0.25, -0.2) is 0 Å². The molecule has 1 rings (SSSR count). The van der Waals surface area contributed by atoms with E-state index in [9.17, 15) is 4.79 Å². The molecule has 8 heavy (non-hydrogen) atoms. The zero-order chi connectivity index (χ0) is 5.49. The van der Waals surface area contributed by atoms with Crippen molar-refractivity contribution in [3.63, 3.8) is 0 Å². The number of hydrogen-bond donors (Lipinski definition) is 1. The lowest BCUT2D eigenvalue weighted by molar-refractivity contribution is -0.135. The van der Waals surface area contributed by atoms with E-state index in [4.69, 9.17) is 0 Å². The molecule has 1 saturated carbocycles. The molecule has 0 aromatic rings. The number of rotatable bonds is 0. The van der Waals surface area contributed by atoms with Crippen molar-refractivity contribution >= 4 is 5.78 Å². The first-order valence-electron chi connectivity index (χ1n) is 2.66. The predicted octanol–water partition coefficient (Wildman–Crippen LogP) is 1.54. The third-order valence-electron chi connectivity index (χ3n) is 1.73. The highest BCUT2D eigenvalue weighted by Gasteiger charge is 2.35. The van der Waals surface area contributed by atoms with E-state index in [2.05, 4.69) is 0 Å². The van der Waals surface area contributed by atoms with Crippen LogP contribution < -0.4 is 6.15 Å². The molecule has 0 atom stereocenters. The van der Waals surface area contributed by atoms with E-state index >= 15 is 0 Å². The van der Waals surface area contributed by atoms with Crippen LogP contribution in [-0.4, -0.2) is 5.78 Å². The Bertz CT molecular complexity index is 107. The first kappa shape index (κ1) is 7.63.